The Morgan fingerprint density at radius 1 is 1.16 bits per heavy atom. The van der Waals surface area contributed by atoms with Crippen molar-refractivity contribution in [2.75, 3.05) is 17.2 Å². The molecule has 5 rings (SSSR count). The Labute approximate surface area is 254 Å². The predicted molar refractivity (Wildman–Crippen MR) is 160 cm³/mol. The van der Waals surface area contributed by atoms with Gasteiger partial charge in [-0.2, -0.15) is 10.3 Å². The van der Waals surface area contributed by atoms with Crippen LogP contribution in [0.25, 0.3) is 17.1 Å². The largest absolute Gasteiger partial charge is 0.573 e. The second-order valence-corrected chi connectivity index (χ2v) is 10.8. The number of nitrogens with zero attached hydrogens (tertiary/aromatic N) is 6. The number of urea groups is 1. The average molecular weight is 622 g/mol. The Kier molecular flexibility index (Phi) is 8.88. The number of hydrogen-bond acceptors (Lipinski definition) is 7. The summed E-state index contributed by atoms with van der Waals surface area (Å²) in [5, 5.41) is 27.8. The molecule has 2 N–H and O–H groups in total. The molecular weight excluding hydrogens is 595 g/mol. The molecule has 4 aromatic rings. The van der Waals surface area contributed by atoms with Crippen molar-refractivity contribution in [2.45, 2.75) is 32.4 Å². The maximum atomic E-state index is 12.7. The van der Waals surface area contributed by atoms with Crippen LogP contribution in [0.5, 0.6) is 5.75 Å². The van der Waals surface area contributed by atoms with Gasteiger partial charge < -0.3 is 15.2 Å². The Hall–Kier alpha value is -4.87. The number of aliphatic hydroxyl groups is 1. The number of para-hydroxylation sites is 1. The first kappa shape index (κ1) is 30.6. The van der Waals surface area contributed by atoms with Gasteiger partial charge in [-0.15, -0.1) is 18.3 Å². The van der Waals surface area contributed by atoms with Gasteiger partial charge in [0.05, 0.1) is 23.4 Å². The van der Waals surface area contributed by atoms with E-state index in [2.05, 4.69) is 31.2 Å². The number of nitrogens with one attached hydrogen (secondary N) is 1. The first-order valence-electron chi connectivity index (χ1n) is 13.3. The number of anilines is 1. The number of carbonyl (C=O) groups excluding carboxylic acids is 1. The smallest absolute Gasteiger partial charge is 0.406 e. The molecule has 0 aliphatic carbocycles. The monoisotopic (exact) mass is 621 g/mol. The van der Waals surface area contributed by atoms with Crippen molar-refractivity contribution in [1.29, 1.82) is 5.26 Å². The first-order valence-corrected chi connectivity index (χ1v) is 14.3. The van der Waals surface area contributed by atoms with Crippen molar-refractivity contribution in [1.82, 2.24) is 20.1 Å². The Morgan fingerprint density at radius 3 is 2.48 bits per heavy atom. The number of amides is 2. The van der Waals surface area contributed by atoms with Gasteiger partial charge in [0.15, 0.2) is 11.0 Å². The topological polar surface area (TPSA) is 129 Å². The van der Waals surface area contributed by atoms with E-state index in [0.717, 1.165) is 16.8 Å². The van der Waals surface area contributed by atoms with E-state index >= 15 is 0 Å². The number of thioether (sulfide) groups is 1. The molecule has 3 aromatic carbocycles. The third kappa shape index (κ3) is 7.01. The minimum Gasteiger partial charge on any atom is -0.406 e. The molecule has 0 spiro atoms. The highest BCUT2D eigenvalue weighted by molar-refractivity contribution is 8.14. The van der Waals surface area contributed by atoms with Crippen LogP contribution in [0.3, 0.4) is 0 Å². The van der Waals surface area contributed by atoms with Crippen LogP contribution >= 0.6 is 11.8 Å². The molecule has 44 heavy (non-hydrogen) atoms. The number of aryl methyl sites for hydroxylation is 2. The molecule has 1 aromatic heterocycles. The lowest BCUT2D eigenvalue weighted by Gasteiger charge is -2.25. The maximum absolute atomic E-state index is 12.7. The predicted octanol–water partition coefficient (Wildman–Crippen LogP) is 5.69. The highest BCUT2D eigenvalue weighted by Crippen LogP contribution is 2.34. The Balaban J connectivity index is 1.22. The van der Waals surface area contributed by atoms with Gasteiger partial charge in [0.25, 0.3) is 0 Å². The van der Waals surface area contributed by atoms with E-state index in [1.165, 1.54) is 47.0 Å². The molecule has 226 valence electrons. The summed E-state index contributed by atoms with van der Waals surface area (Å²) in [4.78, 5) is 22.8. The van der Waals surface area contributed by atoms with Crippen LogP contribution in [0.4, 0.5) is 23.7 Å². The number of alkyl halides is 3. The molecule has 0 saturated carbocycles. The summed E-state index contributed by atoms with van der Waals surface area (Å²) >= 11 is 1.28. The van der Waals surface area contributed by atoms with Gasteiger partial charge in [0.1, 0.15) is 18.3 Å². The van der Waals surface area contributed by atoms with Gasteiger partial charge in [0, 0.05) is 17.9 Å². The number of rotatable bonds is 7. The Bertz CT molecular complexity index is 1700. The van der Waals surface area contributed by atoms with Crippen molar-refractivity contribution in [2.24, 2.45) is 4.99 Å². The lowest BCUT2D eigenvalue weighted by atomic mass is 9.99. The van der Waals surface area contributed by atoms with Crippen LogP contribution in [-0.4, -0.2) is 56.0 Å². The molecule has 0 radical (unpaired) electrons. The van der Waals surface area contributed by atoms with E-state index in [0.29, 0.717) is 33.6 Å². The fraction of sp³-hybridized carbons (Fsp3) is 0.233. The quantitative estimate of drug-likeness (QED) is 0.269. The number of carbonyl (C=O) groups is 1. The summed E-state index contributed by atoms with van der Waals surface area (Å²) < 4.78 is 42.5. The molecule has 1 aliphatic rings. The zero-order valence-corrected chi connectivity index (χ0v) is 24.3. The summed E-state index contributed by atoms with van der Waals surface area (Å²) in [7, 11) is 0. The highest BCUT2D eigenvalue weighted by Gasteiger charge is 2.33. The Morgan fingerprint density at radius 2 is 1.84 bits per heavy atom. The second kappa shape index (κ2) is 12.8. The van der Waals surface area contributed by atoms with Crippen LogP contribution in [0.15, 0.2) is 78.0 Å². The SMILES string of the molecule is Cc1cccc(C)c1N1/C(=N/C(=O)NCC(C#N)c2ccc(-c3ncn(-c4ccc(OC(F)(F)F)cc4)n3)cc2)SCC1O. The summed E-state index contributed by atoms with van der Waals surface area (Å²) in [6.45, 7) is 3.88. The number of hydrogen-bond donors (Lipinski definition) is 2. The minimum atomic E-state index is -4.78. The highest BCUT2D eigenvalue weighted by atomic mass is 32.2. The number of aromatic nitrogens is 3. The second-order valence-electron chi connectivity index (χ2n) is 9.84. The fourth-order valence-electron chi connectivity index (χ4n) is 4.68. The van der Waals surface area contributed by atoms with Gasteiger partial charge in [-0.05, 0) is 54.8 Å². The molecule has 2 atom stereocenters. The molecule has 1 saturated heterocycles. The van der Waals surface area contributed by atoms with Crippen LogP contribution in [0.1, 0.15) is 22.6 Å². The van der Waals surface area contributed by atoms with Crippen LogP contribution in [-0.2, 0) is 0 Å². The number of aliphatic hydroxyl groups excluding tert-OH is 1. The fourth-order valence-corrected chi connectivity index (χ4v) is 5.62. The van der Waals surface area contributed by atoms with Crippen molar-refractivity contribution in [3.8, 4) is 28.9 Å². The zero-order valence-electron chi connectivity index (χ0n) is 23.5. The molecular formula is C30H26F3N7O3S. The average Bonchev–Trinajstić information content (AvgIpc) is 3.61. The third-order valence-electron chi connectivity index (χ3n) is 6.75. The summed E-state index contributed by atoms with van der Waals surface area (Å²) in [6, 6.07) is 19.5. The van der Waals surface area contributed by atoms with E-state index in [4.69, 9.17) is 0 Å². The number of halogens is 3. The van der Waals surface area contributed by atoms with Gasteiger partial charge >= 0.3 is 12.4 Å². The lowest BCUT2D eigenvalue weighted by molar-refractivity contribution is -0.274. The molecule has 2 heterocycles. The van der Waals surface area contributed by atoms with Gasteiger partial charge in [-0.25, -0.2) is 14.5 Å². The number of ether oxygens (including phenoxy) is 1. The number of nitriles is 1. The van der Waals surface area contributed by atoms with Crippen molar-refractivity contribution in [3.63, 3.8) is 0 Å². The maximum Gasteiger partial charge on any atom is 0.573 e. The van der Waals surface area contributed by atoms with E-state index in [-0.39, 0.29) is 12.3 Å². The van der Waals surface area contributed by atoms with Crippen molar-refractivity contribution >= 4 is 28.6 Å². The first-order chi connectivity index (χ1) is 21.0. The number of amidine groups is 1. The molecule has 14 heteroatoms. The van der Waals surface area contributed by atoms with Gasteiger partial charge in [0.2, 0.25) is 0 Å². The number of aliphatic imine (C=N–C) groups is 1. The summed E-state index contributed by atoms with van der Waals surface area (Å²) in [5.74, 6) is -0.269. The molecule has 0 bridgehead atoms. The van der Waals surface area contributed by atoms with Crippen LogP contribution in [0.2, 0.25) is 0 Å². The van der Waals surface area contributed by atoms with Crippen LogP contribution < -0.4 is 15.0 Å². The van der Waals surface area contributed by atoms with Crippen molar-refractivity contribution < 1.29 is 27.8 Å². The van der Waals surface area contributed by atoms with Crippen molar-refractivity contribution in [3.05, 3.63) is 89.7 Å². The van der Waals surface area contributed by atoms with Gasteiger partial charge in [-0.3, -0.25) is 4.90 Å². The standard InChI is InChI=1S/C30H26F3N7O3S/c1-18-4-3-5-19(2)26(18)40-25(41)16-44-29(40)37-28(42)35-15-22(14-34)20-6-8-21(9-7-20)27-36-17-39(38-27)23-10-12-24(13-11-23)43-30(31,32)33/h3-13,17,22,25,41H,15-16H2,1-2H3,(H,35,42)/b37-29-. The zero-order chi connectivity index (χ0) is 31.4. The molecule has 1 aliphatic heterocycles. The van der Waals surface area contributed by atoms with E-state index in [1.807, 2.05) is 32.0 Å². The summed E-state index contributed by atoms with van der Waals surface area (Å²) in [5.41, 5.74) is 4.50. The van der Waals surface area contributed by atoms with E-state index in [9.17, 15) is 28.3 Å². The number of benzene rings is 3. The molecule has 1 fully saturated rings. The van der Waals surface area contributed by atoms with E-state index in [1.54, 1.807) is 29.2 Å². The molecule has 10 nitrogen and oxygen atoms in total. The lowest BCUT2D eigenvalue weighted by Crippen LogP contribution is -2.36. The van der Waals surface area contributed by atoms with E-state index < -0.39 is 24.5 Å². The third-order valence-corrected chi connectivity index (χ3v) is 7.77. The minimum absolute atomic E-state index is 0.0169. The molecule has 2 amide bonds. The summed E-state index contributed by atoms with van der Waals surface area (Å²) in [6.07, 6.45) is -4.17. The van der Waals surface area contributed by atoms with Gasteiger partial charge in [-0.1, -0.05) is 54.2 Å². The normalized spacial score (nSPS) is 16.5. The molecule has 2 unspecified atom stereocenters. The van der Waals surface area contributed by atoms with Crippen LogP contribution in [0, 0.1) is 25.2 Å².